The summed E-state index contributed by atoms with van der Waals surface area (Å²) >= 11 is 0. The molecule has 2 heteroatoms. The molecule has 0 aromatic heterocycles. The predicted molar refractivity (Wildman–Crippen MR) is 86.0 cm³/mol. The molecule has 0 radical (unpaired) electrons. The molecule has 0 aliphatic rings. The molecule has 0 aliphatic heterocycles. The number of fused-ring (bicyclic) bond motifs is 1. The first-order valence-electron chi connectivity index (χ1n) is 7.46. The van der Waals surface area contributed by atoms with Crippen LogP contribution < -0.4 is 5.32 Å². The maximum atomic E-state index is 5.59. The van der Waals surface area contributed by atoms with Gasteiger partial charge in [0.15, 0.2) is 0 Å². The molecule has 0 heterocycles. The summed E-state index contributed by atoms with van der Waals surface area (Å²) in [6.07, 6.45) is 0. The van der Waals surface area contributed by atoms with Crippen molar-refractivity contribution in [3.63, 3.8) is 0 Å². The van der Waals surface area contributed by atoms with Crippen LogP contribution in [0, 0.1) is 5.92 Å². The zero-order chi connectivity index (χ0) is 14.4. The molecule has 1 atom stereocenters. The lowest BCUT2D eigenvalue weighted by atomic mass is 10.0. The topological polar surface area (TPSA) is 21.3 Å². The molecule has 0 saturated carbocycles. The second-order valence-electron chi connectivity index (χ2n) is 5.75. The SMILES string of the molecule is CC(C)COCCNC(C)c1ccc2ccccc2c1. The van der Waals surface area contributed by atoms with Crippen LogP contribution in [0.5, 0.6) is 0 Å². The fourth-order valence-electron chi connectivity index (χ4n) is 2.26. The molecule has 0 amide bonds. The highest BCUT2D eigenvalue weighted by Gasteiger charge is 2.05. The minimum absolute atomic E-state index is 0.349. The number of hydrogen-bond acceptors (Lipinski definition) is 2. The Kier molecular flexibility index (Phi) is 5.57. The van der Waals surface area contributed by atoms with E-state index >= 15 is 0 Å². The minimum Gasteiger partial charge on any atom is -0.380 e. The van der Waals surface area contributed by atoms with Crippen molar-refractivity contribution >= 4 is 10.8 Å². The summed E-state index contributed by atoms with van der Waals surface area (Å²) in [6, 6.07) is 15.5. The maximum Gasteiger partial charge on any atom is 0.0591 e. The van der Waals surface area contributed by atoms with Crippen LogP contribution in [0.1, 0.15) is 32.4 Å². The van der Waals surface area contributed by atoms with Crippen LogP contribution in [0.25, 0.3) is 10.8 Å². The van der Waals surface area contributed by atoms with Gasteiger partial charge in [-0.15, -0.1) is 0 Å². The Morgan fingerprint density at radius 1 is 1.00 bits per heavy atom. The molecule has 0 aliphatic carbocycles. The first-order valence-corrected chi connectivity index (χ1v) is 7.46. The average molecular weight is 271 g/mol. The van der Waals surface area contributed by atoms with Gasteiger partial charge in [0, 0.05) is 19.2 Å². The van der Waals surface area contributed by atoms with Gasteiger partial charge >= 0.3 is 0 Å². The summed E-state index contributed by atoms with van der Waals surface area (Å²) in [4.78, 5) is 0. The van der Waals surface area contributed by atoms with E-state index in [1.807, 2.05) is 0 Å². The van der Waals surface area contributed by atoms with E-state index in [0.717, 1.165) is 19.8 Å². The van der Waals surface area contributed by atoms with Gasteiger partial charge in [-0.3, -0.25) is 0 Å². The Balaban J connectivity index is 1.86. The third-order valence-electron chi connectivity index (χ3n) is 3.42. The van der Waals surface area contributed by atoms with Crippen molar-refractivity contribution in [3.05, 3.63) is 48.0 Å². The van der Waals surface area contributed by atoms with Gasteiger partial charge in [0.2, 0.25) is 0 Å². The second-order valence-corrected chi connectivity index (χ2v) is 5.75. The molecule has 1 N–H and O–H groups in total. The molecule has 108 valence electrons. The number of benzene rings is 2. The van der Waals surface area contributed by atoms with Crippen molar-refractivity contribution in [1.29, 1.82) is 0 Å². The fraction of sp³-hybridized carbons (Fsp3) is 0.444. The summed E-state index contributed by atoms with van der Waals surface area (Å²) in [5.74, 6) is 0.605. The summed E-state index contributed by atoms with van der Waals surface area (Å²) in [5.41, 5.74) is 1.33. The van der Waals surface area contributed by atoms with Gasteiger partial charge in [0.25, 0.3) is 0 Å². The van der Waals surface area contributed by atoms with E-state index in [1.54, 1.807) is 0 Å². The number of nitrogens with one attached hydrogen (secondary N) is 1. The van der Waals surface area contributed by atoms with E-state index in [-0.39, 0.29) is 0 Å². The van der Waals surface area contributed by atoms with E-state index in [2.05, 4.69) is 68.6 Å². The van der Waals surface area contributed by atoms with Gasteiger partial charge in [-0.05, 0) is 35.2 Å². The Morgan fingerprint density at radius 2 is 1.75 bits per heavy atom. The summed E-state index contributed by atoms with van der Waals surface area (Å²) < 4.78 is 5.59. The normalized spacial score (nSPS) is 13.0. The molecule has 2 rings (SSSR count). The van der Waals surface area contributed by atoms with Crippen molar-refractivity contribution in [2.75, 3.05) is 19.8 Å². The van der Waals surface area contributed by atoms with E-state index in [1.165, 1.54) is 16.3 Å². The second kappa shape index (κ2) is 7.41. The highest BCUT2D eigenvalue weighted by molar-refractivity contribution is 5.83. The molecule has 0 fully saturated rings. The third kappa shape index (κ3) is 4.32. The predicted octanol–water partition coefficient (Wildman–Crippen LogP) is 4.16. The van der Waals surface area contributed by atoms with Gasteiger partial charge in [0.1, 0.15) is 0 Å². The van der Waals surface area contributed by atoms with E-state index < -0.39 is 0 Å². The lowest BCUT2D eigenvalue weighted by Crippen LogP contribution is -2.23. The van der Waals surface area contributed by atoms with Gasteiger partial charge in [-0.2, -0.15) is 0 Å². The van der Waals surface area contributed by atoms with Crippen molar-refractivity contribution in [2.45, 2.75) is 26.8 Å². The van der Waals surface area contributed by atoms with Crippen LogP contribution in [0.15, 0.2) is 42.5 Å². The summed E-state index contributed by atoms with van der Waals surface area (Å²) in [7, 11) is 0. The minimum atomic E-state index is 0.349. The molecule has 2 nitrogen and oxygen atoms in total. The first-order chi connectivity index (χ1) is 9.66. The van der Waals surface area contributed by atoms with Crippen LogP contribution in [0.4, 0.5) is 0 Å². The van der Waals surface area contributed by atoms with Crippen LogP contribution >= 0.6 is 0 Å². The average Bonchev–Trinajstić information content (AvgIpc) is 2.46. The highest BCUT2D eigenvalue weighted by Crippen LogP contribution is 2.19. The zero-order valence-corrected chi connectivity index (χ0v) is 12.7. The molecular formula is C18H25NO. The molecule has 2 aromatic rings. The highest BCUT2D eigenvalue weighted by atomic mass is 16.5. The van der Waals surface area contributed by atoms with Crippen LogP contribution in [-0.2, 0) is 4.74 Å². The molecule has 1 unspecified atom stereocenters. The van der Waals surface area contributed by atoms with Gasteiger partial charge in [0.05, 0.1) is 6.61 Å². The monoisotopic (exact) mass is 271 g/mol. The lowest BCUT2D eigenvalue weighted by Gasteiger charge is -2.15. The van der Waals surface area contributed by atoms with Gasteiger partial charge in [-0.25, -0.2) is 0 Å². The molecule has 0 bridgehead atoms. The maximum absolute atomic E-state index is 5.59. The number of hydrogen-bond donors (Lipinski definition) is 1. The zero-order valence-electron chi connectivity index (χ0n) is 12.7. The molecule has 2 aromatic carbocycles. The standard InChI is InChI=1S/C18H25NO/c1-14(2)13-20-11-10-19-15(3)17-9-8-16-6-4-5-7-18(16)12-17/h4-9,12,14-15,19H,10-11,13H2,1-3H3. The van der Waals surface area contributed by atoms with Gasteiger partial charge < -0.3 is 10.1 Å². The Hall–Kier alpha value is -1.38. The Morgan fingerprint density at radius 3 is 2.50 bits per heavy atom. The van der Waals surface area contributed by atoms with Crippen molar-refractivity contribution in [2.24, 2.45) is 5.92 Å². The fourth-order valence-corrected chi connectivity index (χ4v) is 2.26. The molecular weight excluding hydrogens is 246 g/mol. The quantitative estimate of drug-likeness (QED) is 0.763. The largest absolute Gasteiger partial charge is 0.380 e. The van der Waals surface area contributed by atoms with Crippen LogP contribution in [0.2, 0.25) is 0 Å². The lowest BCUT2D eigenvalue weighted by molar-refractivity contribution is 0.110. The smallest absolute Gasteiger partial charge is 0.0591 e. The molecule has 0 spiro atoms. The third-order valence-corrected chi connectivity index (χ3v) is 3.42. The molecule has 0 saturated heterocycles. The van der Waals surface area contributed by atoms with E-state index in [9.17, 15) is 0 Å². The van der Waals surface area contributed by atoms with Crippen molar-refractivity contribution in [3.8, 4) is 0 Å². The Labute approximate surface area is 122 Å². The number of ether oxygens (including phenoxy) is 1. The van der Waals surface area contributed by atoms with Crippen LogP contribution in [-0.4, -0.2) is 19.8 Å². The van der Waals surface area contributed by atoms with Crippen LogP contribution in [0.3, 0.4) is 0 Å². The van der Waals surface area contributed by atoms with Crippen molar-refractivity contribution < 1.29 is 4.74 Å². The summed E-state index contributed by atoms with van der Waals surface area (Å²) in [6.45, 7) is 9.05. The summed E-state index contributed by atoms with van der Waals surface area (Å²) in [5, 5.41) is 6.11. The van der Waals surface area contributed by atoms with Crippen molar-refractivity contribution in [1.82, 2.24) is 5.32 Å². The Bertz CT molecular complexity index is 536. The number of rotatable bonds is 7. The van der Waals surface area contributed by atoms with E-state index in [4.69, 9.17) is 4.74 Å². The van der Waals surface area contributed by atoms with Gasteiger partial charge in [-0.1, -0.05) is 50.2 Å². The van der Waals surface area contributed by atoms with E-state index in [0.29, 0.717) is 12.0 Å². The first kappa shape index (κ1) is 15.0. The molecule has 20 heavy (non-hydrogen) atoms.